The van der Waals surface area contributed by atoms with Gasteiger partial charge < -0.3 is 4.74 Å². The van der Waals surface area contributed by atoms with E-state index in [1.54, 1.807) is 6.92 Å². The molecule has 0 N–H and O–H groups in total. The Kier molecular flexibility index (Phi) is 2.90. The molecule has 4 nitrogen and oxygen atoms in total. The molecule has 2 aliphatic carbocycles. The summed E-state index contributed by atoms with van der Waals surface area (Å²) in [5.41, 5.74) is 2.85. The van der Waals surface area contributed by atoms with Crippen LogP contribution in [-0.2, 0) is 9.53 Å². The van der Waals surface area contributed by atoms with Crippen LogP contribution in [0.5, 0.6) is 0 Å². The minimum absolute atomic E-state index is 0.164. The molecular weight excluding hydrogens is 206 g/mol. The summed E-state index contributed by atoms with van der Waals surface area (Å²) in [6.45, 7) is 2.46. The van der Waals surface area contributed by atoms with Crippen molar-refractivity contribution in [2.45, 2.75) is 13.3 Å². The smallest absolute Gasteiger partial charge is 0.416 e. The number of benzene rings is 1. The van der Waals surface area contributed by atoms with Crippen LogP contribution in [-0.4, -0.2) is 30.1 Å². The van der Waals surface area contributed by atoms with Crippen LogP contribution in [0, 0.1) is 0 Å². The van der Waals surface area contributed by atoms with Gasteiger partial charge in [0.05, 0.1) is 6.54 Å². The summed E-state index contributed by atoms with van der Waals surface area (Å²) in [6, 6.07) is 8.48. The van der Waals surface area contributed by atoms with Gasteiger partial charge in [-0.25, -0.2) is 9.69 Å². The van der Waals surface area contributed by atoms with Gasteiger partial charge in [0.15, 0.2) is 0 Å². The van der Waals surface area contributed by atoms with Crippen molar-refractivity contribution < 1.29 is 14.3 Å². The van der Waals surface area contributed by atoms with Gasteiger partial charge in [-0.2, -0.15) is 0 Å². The second kappa shape index (κ2) is 4.35. The third-order valence-electron chi connectivity index (χ3n) is 2.58. The molecule has 4 heteroatoms. The molecule has 0 aromatic carbocycles. The van der Waals surface area contributed by atoms with Gasteiger partial charge in [-0.3, -0.25) is 4.79 Å². The Bertz CT molecular complexity index is 390. The molecule has 84 valence electrons. The number of amides is 2. The van der Waals surface area contributed by atoms with Gasteiger partial charge in [0.1, 0.15) is 6.61 Å². The Labute approximate surface area is 93.8 Å². The van der Waals surface area contributed by atoms with Crippen LogP contribution in [0.15, 0.2) is 24.3 Å². The highest BCUT2D eigenvalue weighted by Gasteiger charge is 2.26. The summed E-state index contributed by atoms with van der Waals surface area (Å²) in [4.78, 5) is 22.6. The fourth-order valence-electron chi connectivity index (χ4n) is 1.47. The molecule has 16 heavy (non-hydrogen) atoms. The van der Waals surface area contributed by atoms with Crippen molar-refractivity contribution in [2.24, 2.45) is 0 Å². The standard InChI is InChI=1S/C6H9NO3.C6H4/c1-2-5(8)7-3-4-10-6(7)9;1-2-6-4-3-5(1)6/h2-4H2,1H3;1-4H. The Morgan fingerprint density at radius 3 is 2.12 bits per heavy atom. The normalized spacial score (nSPS) is 15.1. The summed E-state index contributed by atoms with van der Waals surface area (Å²) in [5.74, 6) is -0.164. The van der Waals surface area contributed by atoms with E-state index in [-0.39, 0.29) is 5.91 Å². The van der Waals surface area contributed by atoms with E-state index in [2.05, 4.69) is 29.0 Å². The third kappa shape index (κ3) is 1.91. The number of hydrogen-bond acceptors (Lipinski definition) is 3. The molecule has 0 aromatic rings. The molecule has 1 fully saturated rings. The van der Waals surface area contributed by atoms with E-state index in [4.69, 9.17) is 0 Å². The Balaban J connectivity index is 0.000000134. The number of hydrogen-bond donors (Lipinski definition) is 0. The highest BCUT2D eigenvalue weighted by Crippen LogP contribution is 2.29. The minimum atomic E-state index is -0.508. The molecule has 0 bridgehead atoms. The fourth-order valence-corrected chi connectivity index (χ4v) is 1.47. The SMILES string of the molecule is CCC(=O)N1CCOC1=O.c1cc2ccc1-2. The molecular formula is C12H13NO3. The van der Waals surface area contributed by atoms with Crippen LogP contribution in [0.3, 0.4) is 0 Å². The zero-order valence-electron chi connectivity index (χ0n) is 9.10. The van der Waals surface area contributed by atoms with Crippen LogP contribution in [0.25, 0.3) is 11.1 Å². The predicted octanol–water partition coefficient (Wildman–Crippen LogP) is 2.04. The van der Waals surface area contributed by atoms with Gasteiger partial charge in [-0.15, -0.1) is 0 Å². The number of ether oxygens (including phenoxy) is 1. The molecule has 0 aromatic heterocycles. The van der Waals surface area contributed by atoms with Gasteiger partial charge >= 0.3 is 6.09 Å². The average Bonchev–Trinajstić information content (AvgIpc) is 2.69. The molecule has 1 heterocycles. The molecule has 0 spiro atoms. The van der Waals surface area contributed by atoms with Crippen LogP contribution >= 0.6 is 0 Å². The Morgan fingerprint density at radius 2 is 1.88 bits per heavy atom. The summed E-state index contributed by atoms with van der Waals surface area (Å²) in [5, 5.41) is 0. The molecule has 0 radical (unpaired) electrons. The maximum atomic E-state index is 10.8. The van der Waals surface area contributed by atoms with E-state index in [1.807, 2.05) is 0 Å². The molecule has 1 aliphatic heterocycles. The van der Waals surface area contributed by atoms with E-state index in [0.29, 0.717) is 19.6 Å². The maximum Gasteiger partial charge on any atom is 0.416 e. The van der Waals surface area contributed by atoms with E-state index >= 15 is 0 Å². The van der Waals surface area contributed by atoms with E-state index in [1.165, 1.54) is 11.1 Å². The number of fused-ring (bicyclic) bond motifs is 1. The summed E-state index contributed by atoms with van der Waals surface area (Å²) < 4.78 is 4.55. The lowest BCUT2D eigenvalue weighted by Crippen LogP contribution is -2.30. The largest absolute Gasteiger partial charge is 0.447 e. The number of carbonyl (C=O) groups excluding carboxylic acids is 2. The molecule has 3 aliphatic rings. The first kappa shape index (κ1) is 10.7. The van der Waals surface area contributed by atoms with Crippen LogP contribution < -0.4 is 0 Å². The van der Waals surface area contributed by atoms with E-state index < -0.39 is 6.09 Å². The quantitative estimate of drug-likeness (QED) is 0.737. The number of carbonyl (C=O) groups is 2. The first-order valence-corrected chi connectivity index (χ1v) is 5.30. The van der Waals surface area contributed by atoms with Crippen molar-refractivity contribution in [3.63, 3.8) is 0 Å². The second-order valence-corrected chi connectivity index (χ2v) is 3.59. The van der Waals surface area contributed by atoms with Crippen molar-refractivity contribution in [2.75, 3.05) is 13.2 Å². The molecule has 3 rings (SSSR count). The lowest BCUT2D eigenvalue weighted by Gasteiger charge is -2.10. The van der Waals surface area contributed by atoms with Crippen molar-refractivity contribution in [1.29, 1.82) is 0 Å². The number of imide groups is 1. The van der Waals surface area contributed by atoms with Crippen LogP contribution in [0.2, 0.25) is 0 Å². The Hall–Kier alpha value is -1.84. The average molecular weight is 219 g/mol. The second-order valence-electron chi connectivity index (χ2n) is 3.59. The predicted molar refractivity (Wildman–Crippen MR) is 58.8 cm³/mol. The molecule has 0 saturated carbocycles. The van der Waals surface area contributed by atoms with Gasteiger partial charge in [-0.05, 0) is 11.1 Å². The monoisotopic (exact) mass is 219 g/mol. The van der Waals surface area contributed by atoms with Crippen molar-refractivity contribution in [1.82, 2.24) is 4.90 Å². The summed E-state index contributed by atoms with van der Waals surface area (Å²) in [7, 11) is 0. The van der Waals surface area contributed by atoms with E-state index in [9.17, 15) is 9.59 Å². The minimum Gasteiger partial charge on any atom is -0.447 e. The number of rotatable bonds is 1. The fraction of sp³-hybridized carbons (Fsp3) is 0.333. The van der Waals surface area contributed by atoms with Crippen molar-refractivity contribution >= 4 is 12.0 Å². The van der Waals surface area contributed by atoms with Crippen molar-refractivity contribution in [3.8, 4) is 11.1 Å². The molecule has 1 saturated heterocycles. The van der Waals surface area contributed by atoms with Gasteiger partial charge in [0, 0.05) is 6.42 Å². The highest BCUT2D eigenvalue weighted by molar-refractivity contribution is 5.92. The third-order valence-corrected chi connectivity index (χ3v) is 2.58. The number of nitrogens with zero attached hydrogens (tertiary/aromatic N) is 1. The van der Waals surface area contributed by atoms with Gasteiger partial charge in [0.25, 0.3) is 0 Å². The van der Waals surface area contributed by atoms with Crippen LogP contribution in [0.1, 0.15) is 13.3 Å². The summed E-state index contributed by atoms with van der Waals surface area (Å²) >= 11 is 0. The topological polar surface area (TPSA) is 46.6 Å². The first-order chi connectivity index (χ1) is 7.72. The van der Waals surface area contributed by atoms with Crippen LogP contribution in [0.4, 0.5) is 4.79 Å². The summed E-state index contributed by atoms with van der Waals surface area (Å²) in [6.07, 6.45) is -0.151. The molecule has 2 amide bonds. The van der Waals surface area contributed by atoms with Gasteiger partial charge in [-0.1, -0.05) is 31.2 Å². The zero-order chi connectivity index (χ0) is 11.5. The lowest BCUT2D eigenvalue weighted by atomic mass is 9.95. The molecule has 0 unspecified atom stereocenters. The van der Waals surface area contributed by atoms with Crippen molar-refractivity contribution in [3.05, 3.63) is 24.3 Å². The first-order valence-electron chi connectivity index (χ1n) is 5.30. The molecule has 0 atom stereocenters. The van der Waals surface area contributed by atoms with Gasteiger partial charge in [0.2, 0.25) is 5.91 Å². The number of cyclic esters (lactones) is 1. The zero-order valence-corrected chi connectivity index (χ0v) is 9.10. The van der Waals surface area contributed by atoms with E-state index in [0.717, 1.165) is 4.90 Å². The maximum absolute atomic E-state index is 10.8. The Morgan fingerprint density at radius 1 is 1.31 bits per heavy atom. The highest BCUT2D eigenvalue weighted by atomic mass is 16.6. The lowest BCUT2D eigenvalue weighted by molar-refractivity contribution is -0.127.